The molecule has 0 radical (unpaired) electrons. The number of methoxy groups -OCH3 is 1. The van der Waals surface area contributed by atoms with Crippen LogP contribution in [0, 0.1) is 0 Å². The van der Waals surface area contributed by atoms with E-state index in [1.807, 2.05) is 24.4 Å². The van der Waals surface area contributed by atoms with Gasteiger partial charge < -0.3 is 19.7 Å². The first-order valence-electron chi connectivity index (χ1n) is 9.29. The minimum absolute atomic E-state index is 0.177. The number of nitrogens with zero attached hydrogens (tertiary/aromatic N) is 4. The van der Waals surface area contributed by atoms with E-state index in [0.29, 0.717) is 0 Å². The third-order valence-corrected chi connectivity index (χ3v) is 5.22. The van der Waals surface area contributed by atoms with Gasteiger partial charge in [-0.3, -0.25) is 4.90 Å². The van der Waals surface area contributed by atoms with Crippen LogP contribution in [-0.2, 0) is 6.54 Å². The highest BCUT2D eigenvalue weighted by molar-refractivity contribution is 5.87. The number of anilines is 1. The average molecular weight is 367 g/mol. The summed E-state index contributed by atoms with van der Waals surface area (Å²) in [5.74, 6) is 1.84. The van der Waals surface area contributed by atoms with Crippen LogP contribution in [0.4, 0.5) is 5.82 Å². The van der Waals surface area contributed by atoms with Crippen molar-refractivity contribution in [1.29, 1.82) is 0 Å². The zero-order valence-electron chi connectivity index (χ0n) is 15.5. The molecule has 1 unspecified atom stereocenters. The number of aliphatic hydroxyl groups is 1. The molecule has 7 heteroatoms. The molecule has 0 saturated carbocycles. The van der Waals surface area contributed by atoms with Crippen molar-refractivity contribution >= 4 is 16.9 Å². The van der Waals surface area contributed by atoms with Crippen LogP contribution in [0.2, 0.25) is 0 Å². The molecule has 1 fully saturated rings. The Morgan fingerprint density at radius 1 is 1.26 bits per heavy atom. The van der Waals surface area contributed by atoms with Crippen molar-refractivity contribution in [3.63, 3.8) is 0 Å². The Balaban J connectivity index is 1.52. The monoisotopic (exact) mass is 367 g/mol. The number of aromatic amines is 1. The number of aromatic nitrogens is 3. The van der Waals surface area contributed by atoms with E-state index in [0.717, 1.165) is 55.2 Å². The third kappa shape index (κ3) is 3.74. The van der Waals surface area contributed by atoms with Gasteiger partial charge in [0.2, 0.25) is 0 Å². The topological polar surface area (TPSA) is 77.5 Å². The Bertz CT molecular complexity index is 897. The number of hydrogen-bond donors (Lipinski definition) is 2. The standard InChI is InChI=1S/C20H25N5O2/c1-27-17-4-2-3-15(11-17)12-24-8-9-25(13-16(24)6-10-26)20-18-5-7-21-19(18)22-14-23-20/h2-5,7,11,14,16,26H,6,8-10,12-13H2,1H3,(H,21,22,23). The lowest BCUT2D eigenvalue weighted by Gasteiger charge is -2.42. The Hall–Kier alpha value is -2.64. The lowest BCUT2D eigenvalue weighted by atomic mass is 10.1. The van der Waals surface area contributed by atoms with E-state index >= 15 is 0 Å². The van der Waals surface area contributed by atoms with Crippen molar-refractivity contribution < 1.29 is 9.84 Å². The van der Waals surface area contributed by atoms with Crippen LogP contribution in [-0.4, -0.2) is 64.4 Å². The first-order chi connectivity index (χ1) is 13.3. The summed E-state index contributed by atoms with van der Waals surface area (Å²) in [6.45, 7) is 3.66. The van der Waals surface area contributed by atoms with Crippen molar-refractivity contribution in [2.75, 3.05) is 38.3 Å². The van der Waals surface area contributed by atoms with Crippen molar-refractivity contribution in [3.05, 3.63) is 48.4 Å². The fraction of sp³-hybridized carbons (Fsp3) is 0.400. The molecule has 0 aliphatic carbocycles. The van der Waals surface area contributed by atoms with Gasteiger partial charge in [-0.1, -0.05) is 12.1 Å². The Labute approximate surface area is 158 Å². The normalized spacial score (nSPS) is 18.1. The molecule has 1 aromatic carbocycles. The van der Waals surface area contributed by atoms with Crippen LogP contribution in [0.1, 0.15) is 12.0 Å². The van der Waals surface area contributed by atoms with Crippen molar-refractivity contribution in [2.24, 2.45) is 0 Å². The summed E-state index contributed by atoms with van der Waals surface area (Å²) >= 11 is 0. The summed E-state index contributed by atoms with van der Waals surface area (Å²) in [5, 5.41) is 10.6. The first kappa shape index (κ1) is 17.8. The van der Waals surface area contributed by atoms with E-state index in [9.17, 15) is 5.11 Å². The second kappa shape index (κ2) is 7.94. The second-order valence-electron chi connectivity index (χ2n) is 6.87. The van der Waals surface area contributed by atoms with E-state index < -0.39 is 0 Å². The number of fused-ring (bicyclic) bond motifs is 1. The zero-order valence-corrected chi connectivity index (χ0v) is 15.5. The fourth-order valence-corrected chi connectivity index (χ4v) is 3.83. The van der Waals surface area contributed by atoms with Gasteiger partial charge in [0.15, 0.2) is 0 Å². The molecule has 2 N–H and O–H groups in total. The largest absolute Gasteiger partial charge is 0.497 e. The highest BCUT2D eigenvalue weighted by atomic mass is 16.5. The summed E-state index contributed by atoms with van der Waals surface area (Å²) in [6, 6.07) is 10.5. The lowest BCUT2D eigenvalue weighted by molar-refractivity contribution is 0.135. The van der Waals surface area contributed by atoms with Crippen molar-refractivity contribution in [3.8, 4) is 5.75 Å². The molecular weight excluding hydrogens is 342 g/mol. The van der Waals surface area contributed by atoms with Crippen LogP contribution in [0.3, 0.4) is 0 Å². The van der Waals surface area contributed by atoms with Crippen LogP contribution in [0.25, 0.3) is 11.0 Å². The molecule has 1 aliphatic heterocycles. The Morgan fingerprint density at radius 2 is 2.19 bits per heavy atom. The Morgan fingerprint density at radius 3 is 3.04 bits per heavy atom. The SMILES string of the molecule is COc1cccc(CN2CCN(c3ncnc4[nH]ccc34)CC2CCO)c1. The number of nitrogens with one attached hydrogen (secondary N) is 1. The number of piperazine rings is 1. The summed E-state index contributed by atoms with van der Waals surface area (Å²) in [4.78, 5) is 16.7. The van der Waals surface area contributed by atoms with Crippen LogP contribution in [0.5, 0.6) is 5.75 Å². The van der Waals surface area contributed by atoms with Crippen molar-refractivity contribution in [2.45, 2.75) is 19.0 Å². The maximum atomic E-state index is 9.58. The molecular formula is C20H25N5O2. The van der Waals surface area contributed by atoms with Gasteiger partial charge in [-0.15, -0.1) is 0 Å². The number of rotatable bonds is 6. The molecule has 7 nitrogen and oxygen atoms in total. The summed E-state index contributed by atoms with van der Waals surface area (Å²) in [6.07, 6.45) is 4.24. The first-order valence-corrected chi connectivity index (χ1v) is 9.29. The van der Waals surface area contributed by atoms with E-state index in [2.05, 4.69) is 36.9 Å². The summed E-state index contributed by atoms with van der Waals surface area (Å²) in [5.41, 5.74) is 2.08. The molecule has 1 atom stereocenters. The van der Waals surface area contributed by atoms with Gasteiger partial charge in [0.1, 0.15) is 23.5 Å². The van der Waals surface area contributed by atoms with E-state index in [-0.39, 0.29) is 12.6 Å². The molecule has 0 spiro atoms. The molecule has 1 saturated heterocycles. The molecule has 1 aliphatic rings. The van der Waals surface area contributed by atoms with Gasteiger partial charge >= 0.3 is 0 Å². The third-order valence-electron chi connectivity index (χ3n) is 5.22. The molecule has 142 valence electrons. The molecule has 27 heavy (non-hydrogen) atoms. The minimum Gasteiger partial charge on any atom is -0.497 e. The van der Waals surface area contributed by atoms with Crippen LogP contribution in [0.15, 0.2) is 42.9 Å². The smallest absolute Gasteiger partial charge is 0.142 e. The lowest BCUT2D eigenvalue weighted by Crippen LogP contribution is -2.53. The number of H-pyrrole nitrogens is 1. The van der Waals surface area contributed by atoms with Gasteiger partial charge in [-0.2, -0.15) is 0 Å². The zero-order chi connectivity index (χ0) is 18.6. The van der Waals surface area contributed by atoms with Gasteiger partial charge in [-0.25, -0.2) is 9.97 Å². The van der Waals surface area contributed by atoms with Gasteiger partial charge in [-0.05, 0) is 30.2 Å². The maximum absolute atomic E-state index is 9.58. The highest BCUT2D eigenvalue weighted by Gasteiger charge is 2.28. The maximum Gasteiger partial charge on any atom is 0.142 e. The molecule has 4 rings (SSSR count). The number of benzene rings is 1. The van der Waals surface area contributed by atoms with Gasteiger partial charge in [0, 0.05) is 45.0 Å². The van der Waals surface area contributed by atoms with Crippen LogP contribution >= 0.6 is 0 Å². The highest BCUT2D eigenvalue weighted by Crippen LogP contribution is 2.26. The Kier molecular flexibility index (Phi) is 5.22. The van der Waals surface area contributed by atoms with E-state index in [1.165, 1.54) is 5.56 Å². The number of ether oxygens (including phenoxy) is 1. The second-order valence-corrected chi connectivity index (χ2v) is 6.87. The minimum atomic E-state index is 0.177. The van der Waals surface area contributed by atoms with Crippen molar-refractivity contribution in [1.82, 2.24) is 19.9 Å². The quantitative estimate of drug-likeness (QED) is 0.694. The number of aliphatic hydroxyl groups excluding tert-OH is 1. The predicted octanol–water partition coefficient (Wildman–Crippen LogP) is 2.04. The summed E-state index contributed by atoms with van der Waals surface area (Å²) in [7, 11) is 1.69. The summed E-state index contributed by atoms with van der Waals surface area (Å²) < 4.78 is 5.34. The van der Waals surface area contributed by atoms with Gasteiger partial charge in [0.05, 0.1) is 12.5 Å². The molecule has 3 heterocycles. The van der Waals surface area contributed by atoms with E-state index in [4.69, 9.17) is 4.74 Å². The number of hydrogen-bond acceptors (Lipinski definition) is 6. The predicted molar refractivity (Wildman–Crippen MR) is 105 cm³/mol. The molecule has 0 amide bonds. The van der Waals surface area contributed by atoms with Gasteiger partial charge in [0.25, 0.3) is 0 Å². The average Bonchev–Trinajstić information content (AvgIpc) is 3.18. The molecule has 0 bridgehead atoms. The molecule has 3 aromatic rings. The van der Waals surface area contributed by atoms with Crippen LogP contribution < -0.4 is 9.64 Å². The fourth-order valence-electron chi connectivity index (χ4n) is 3.83. The van der Waals surface area contributed by atoms with E-state index in [1.54, 1.807) is 13.4 Å². The molecule has 2 aromatic heterocycles.